The van der Waals surface area contributed by atoms with E-state index in [1.165, 1.54) is 4.90 Å². The zero-order valence-corrected chi connectivity index (χ0v) is 14.7. The first-order valence-electron chi connectivity index (χ1n) is 7.91. The lowest BCUT2D eigenvalue weighted by Crippen LogP contribution is -2.43. The molecular formula is C19H18BrNO3. The Morgan fingerprint density at radius 1 is 1.12 bits per heavy atom. The van der Waals surface area contributed by atoms with Crippen molar-refractivity contribution in [3.8, 4) is 0 Å². The molecule has 1 unspecified atom stereocenters. The summed E-state index contributed by atoms with van der Waals surface area (Å²) in [6.07, 6.45) is 1.58. The van der Waals surface area contributed by atoms with E-state index in [1.54, 1.807) is 6.07 Å². The molecule has 0 aromatic heterocycles. The molecule has 0 saturated heterocycles. The number of aliphatic carboxylic acids is 1. The number of benzene rings is 2. The van der Waals surface area contributed by atoms with Crippen LogP contribution in [0.2, 0.25) is 0 Å². The lowest BCUT2D eigenvalue weighted by atomic mass is 9.92. The van der Waals surface area contributed by atoms with Gasteiger partial charge in [0.25, 0.3) is 0 Å². The van der Waals surface area contributed by atoms with Crippen LogP contribution < -0.4 is 0 Å². The summed E-state index contributed by atoms with van der Waals surface area (Å²) in [6.45, 7) is 0.447. The summed E-state index contributed by atoms with van der Waals surface area (Å²) in [4.78, 5) is 25.9. The first-order chi connectivity index (χ1) is 11.6. The molecule has 0 spiro atoms. The lowest BCUT2D eigenvalue weighted by Gasteiger charge is -2.35. The van der Waals surface area contributed by atoms with Crippen LogP contribution in [0.4, 0.5) is 0 Å². The molecule has 0 aliphatic carbocycles. The van der Waals surface area contributed by atoms with Crippen molar-refractivity contribution in [2.75, 3.05) is 6.54 Å². The maximum atomic E-state index is 12.7. The van der Waals surface area contributed by atoms with Crippen LogP contribution in [0, 0.1) is 0 Å². The molecule has 0 bridgehead atoms. The van der Waals surface area contributed by atoms with Crippen molar-refractivity contribution in [2.24, 2.45) is 0 Å². The summed E-state index contributed by atoms with van der Waals surface area (Å²) in [5, 5.41) is 9.63. The summed E-state index contributed by atoms with van der Waals surface area (Å²) >= 11 is 3.48. The number of carbonyl (C=O) groups is 2. The van der Waals surface area contributed by atoms with Gasteiger partial charge in [0.1, 0.15) is 0 Å². The van der Waals surface area contributed by atoms with Gasteiger partial charge in [0.2, 0.25) is 5.91 Å². The predicted molar refractivity (Wildman–Crippen MR) is 94.7 cm³/mol. The van der Waals surface area contributed by atoms with Gasteiger partial charge in [-0.1, -0.05) is 58.4 Å². The third kappa shape index (κ3) is 3.36. The molecule has 5 heteroatoms. The van der Waals surface area contributed by atoms with Gasteiger partial charge >= 0.3 is 5.97 Å². The van der Waals surface area contributed by atoms with Gasteiger partial charge in [-0.15, -0.1) is 0 Å². The fourth-order valence-electron chi connectivity index (χ4n) is 3.19. The second-order valence-corrected chi connectivity index (χ2v) is 6.72. The van der Waals surface area contributed by atoms with Crippen LogP contribution >= 0.6 is 15.9 Å². The number of aryl methyl sites for hydroxylation is 1. The molecule has 0 fully saturated rings. The Morgan fingerprint density at radius 3 is 2.58 bits per heavy atom. The number of rotatable bonds is 4. The van der Waals surface area contributed by atoms with Gasteiger partial charge in [-0.05, 0) is 35.6 Å². The molecule has 0 radical (unpaired) electrons. The van der Waals surface area contributed by atoms with Crippen molar-refractivity contribution < 1.29 is 14.7 Å². The van der Waals surface area contributed by atoms with Gasteiger partial charge in [-0.3, -0.25) is 4.79 Å². The quantitative estimate of drug-likeness (QED) is 0.871. The number of nitrogens with zero attached hydrogens (tertiary/aromatic N) is 1. The van der Waals surface area contributed by atoms with Crippen molar-refractivity contribution in [3.63, 3.8) is 0 Å². The van der Waals surface area contributed by atoms with Crippen molar-refractivity contribution in [2.45, 2.75) is 25.3 Å². The van der Waals surface area contributed by atoms with Gasteiger partial charge in [0.05, 0.1) is 0 Å². The monoisotopic (exact) mass is 387 g/mol. The Morgan fingerprint density at radius 2 is 1.83 bits per heavy atom. The highest BCUT2D eigenvalue weighted by Crippen LogP contribution is 2.30. The summed E-state index contributed by atoms with van der Waals surface area (Å²) < 4.78 is 0.969. The highest BCUT2D eigenvalue weighted by Gasteiger charge is 2.35. The molecular weight excluding hydrogens is 370 g/mol. The average Bonchev–Trinajstić information content (AvgIpc) is 2.59. The molecule has 124 valence electrons. The largest absolute Gasteiger partial charge is 0.479 e. The maximum Gasteiger partial charge on any atom is 0.331 e. The van der Waals surface area contributed by atoms with Gasteiger partial charge < -0.3 is 10.0 Å². The lowest BCUT2D eigenvalue weighted by molar-refractivity contribution is -0.151. The number of amides is 1. The van der Waals surface area contributed by atoms with E-state index in [0.29, 0.717) is 25.8 Å². The number of carbonyl (C=O) groups excluding carboxylic acids is 1. The molecule has 4 nitrogen and oxygen atoms in total. The van der Waals surface area contributed by atoms with E-state index in [2.05, 4.69) is 15.9 Å². The number of hydrogen-bond donors (Lipinski definition) is 1. The minimum Gasteiger partial charge on any atom is -0.479 e. The Kier molecular flexibility index (Phi) is 5.00. The second kappa shape index (κ2) is 7.18. The molecule has 24 heavy (non-hydrogen) atoms. The molecule has 1 heterocycles. The van der Waals surface area contributed by atoms with E-state index < -0.39 is 12.0 Å². The van der Waals surface area contributed by atoms with E-state index in [9.17, 15) is 14.7 Å². The van der Waals surface area contributed by atoms with Crippen LogP contribution in [-0.2, 0) is 22.4 Å². The van der Waals surface area contributed by atoms with Crippen LogP contribution in [0.5, 0.6) is 0 Å². The number of fused-ring (bicyclic) bond motifs is 1. The summed E-state index contributed by atoms with van der Waals surface area (Å²) in [5.74, 6) is -1.09. The van der Waals surface area contributed by atoms with Crippen molar-refractivity contribution in [1.82, 2.24) is 4.90 Å². The minimum absolute atomic E-state index is 0.118. The van der Waals surface area contributed by atoms with Crippen LogP contribution in [0.25, 0.3) is 0 Å². The molecule has 2 aromatic rings. The molecule has 1 aliphatic heterocycles. The highest BCUT2D eigenvalue weighted by molar-refractivity contribution is 9.10. The van der Waals surface area contributed by atoms with Crippen molar-refractivity contribution in [1.29, 1.82) is 0 Å². The van der Waals surface area contributed by atoms with Crippen molar-refractivity contribution in [3.05, 3.63) is 69.7 Å². The second-order valence-electron chi connectivity index (χ2n) is 5.87. The topological polar surface area (TPSA) is 57.6 Å². The molecule has 1 amide bonds. The summed E-state index contributed by atoms with van der Waals surface area (Å²) in [5.41, 5.74) is 2.79. The summed E-state index contributed by atoms with van der Waals surface area (Å²) in [7, 11) is 0. The Balaban J connectivity index is 1.77. The maximum absolute atomic E-state index is 12.7. The van der Waals surface area contributed by atoms with E-state index in [4.69, 9.17) is 0 Å². The van der Waals surface area contributed by atoms with Crippen LogP contribution in [0.1, 0.15) is 29.2 Å². The summed E-state index contributed by atoms with van der Waals surface area (Å²) in [6, 6.07) is 14.4. The van der Waals surface area contributed by atoms with Crippen LogP contribution in [0.15, 0.2) is 53.0 Å². The van der Waals surface area contributed by atoms with Gasteiger partial charge in [-0.2, -0.15) is 0 Å². The zero-order valence-electron chi connectivity index (χ0n) is 13.1. The zero-order chi connectivity index (χ0) is 17.1. The number of hydrogen-bond acceptors (Lipinski definition) is 2. The van der Waals surface area contributed by atoms with E-state index in [-0.39, 0.29) is 5.91 Å². The normalized spacial score (nSPS) is 16.5. The van der Waals surface area contributed by atoms with Gasteiger partial charge in [-0.25, -0.2) is 4.79 Å². The third-order valence-corrected chi connectivity index (χ3v) is 5.18. The van der Waals surface area contributed by atoms with Crippen molar-refractivity contribution >= 4 is 27.8 Å². The first-order valence-corrected chi connectivity index (χ1v) is 8.70. The van der Waals surface area contributed by atoms with E-state index >= 15 is 0 Å². The third-order valence-electron chi connectivity index (χ3n) is 4.40. The van der Waals surface area contributed by atoms with Gasteiger partial charge in [0.15, 0.2) is 6.04 Å². The molecule has 1 N–H and O–H groups in total. The van der Waals surface area contributed by atoms with E-state index in [0.717, 1.165) is 21.2 Å². The van der Waals surface area contributed by atoms with Crippen LogP contribution in [0.3, 0.4) is 0 Å². The number of carboxylic acid groups (broad SMARTS) is 1. The molecule has 2 aromatic carbocycles. The fourth-order valence-corrected chi connectivity index (χ4v) is 3.67. The fraction of sp³-hybridized carbons (Fsp3) is 0.263. The number of halogens is 1. The van der Waals surface area contributed by atoms with E-state index in [1.807, 2.05) is 42.5 Å². The van der Waals surface area contributed by atoms with Crippen LogP contribution in [-0.4, -0.2) is 28.4 Å². The highest BCUT2D eigenvalue weighted by atomic mass is 79.9. The van der Waals surface area contributed by atoms with Gasteiger partial charge in [0, 0.05) is 17.4 Å². The smallest absolute Gasteiger partial charge is 0.331 e. The Hall–Kier alpha value is -2.14. The average molecular weight is 388 g/mol. The standard InChI is InChI=1S/C19H18BrNO3/c20-16-8-4-2-6-14(16)9-10-17(22)21-12-11-13-5-1-3-7-15(13)18(21)19(23)24/h1-8,18H,9-12H2,(H,23,24). The molecule has 3 rings (SSSR count). The Labute approximate surface area is 149 Å². The molecule has 1 aliphatic rings. The molecule has 1 atom stereocenters. The minimum atomic E-state index is -0.976. The number of carboxylic acids is 1. The predicted octanol–water partition coefficient (Wildman–Crippen LogP) is 3.59. The molecule has 0 saturated carbocycles. The SMILES string of the molecule is O=C(O)C1c2ccccc2CCN1C(=O)CCc1ccccc1Br. The Bertz CT molecular complexity index is 775. The first kappa shape index (κ1) is 16.7.